The number of esters is 1. The monoisotopic (exact) mass is 203 g/mol. The zero-order chi connectivity index (χ0) is 11.1. The molecule has 4 nitrogen and oxygen atoms in total. The Balaban J connectivity index is 4.25. The highest BCUT2D eigenvalue weighted by Crippen LogP contribution is 2.07. The number of carbonyl (C=O) groups is 1. The summed E-state index contributed by atoms with van der Waals surface area (Å²) in [5.74, 6) is -0.225. The van der Waals surface area contributed by atoms with Crippen molar-refractivity contribution >= 4 is 5.97 Å². The molecule has 0 aliphatic carbocycles. The number of carbonyl (C=O) groups excluding carboxylic acids is 1. The van der Waals surface area contributed by atoms with Gasteiger partial charge in [-0.3, -0.25) is 9.69 Å². The molecule has 0 fully saturated rings. The fourth-order valence-electron chi connectivity index (χ4n) is 1.46. The molecule has 0 heterocycles. The summed E-state index contributed by atoms with van der Waals surface area (Å²) in [7, 11) is 1.39. The highest BCUT2D eigenvalue weighted by Gasteiger charge is 2.23. The predicted octanol–water partition coefficient (Wildman–Crippen LogP) is 0.641. The van der Waals surface area contributed by atoms with Crippen LogP contribution in [-0.4, -0.2) is 48.3 Å². The molecule has 0 aliphatic rings. The van der Waals surface area contributed by atoms with Crippen LogP contribution < -0.4 is 0 Å². The van der Waals surface area contributed by atoms with E-state index < -0.39 is 0 Å². The summed E-state index contributed by atoms with van der Waals surface area (Å²) in [4.78, 5) is 13.3. The van der Waals surface area contributed by atoms with Gasteiger partial charge in [0.15, 0.2) is 0 Å². The van der Waals surface area contributed by atoms with Crippen LogP contribution >= 0.6 is 0 Å². The van der Waals surface area contributed by atoms with Gasteiger partial charge in [-0.2, -0.15) is 0 Å². The van der Waals surface area contributed by atoms with Crippen molar-refractivity contribution in [2.75, 3.05) is 20.3 Å². The molecule has 0 aromatic carbocycles. The maximum Gasteiger partial charge on any atom is 0.322 e. The first kappa shape index (κ1) is 13.4. The summed E-state index contributed by atoms with van der Waals surface area (Å²) < 4.78 is 4.68. The van der Waals surface area contributed by atoms with Crippen LogP contribution in [0.3, 0.4) is 0 Å². The molecule has 0 saturated heterocycles. The third-order valence-electron chi connectivity index (χ3n) is 2.28. The van der Waals surface area contributed by atoms with Crippen LogP contribution in [0.1, 0.15) is 27.2 Å². The lowest BCUT2D eigenvalue weighted by Crippen LogP contribution is -2.44. The number of ether oxygens (including phenoxy) is 1. The number of hydrogen-bond donors (Lipinski definition) is 1. The second kappa shape index (κ2) is 6.79. The van der Waals surface area contributed by atoms with Crippen molar-refractivity contribution in [3.63, 3.8) is 0 Å². The highest BCUT2D eigenvalue weighted by molar-refractivity contribution is 5.75. The van der Waals surface area contributed by atoms with Crippen LogP contribution in [0.15, 0.2) is 0 Å². The van der Waals surface area contributed by atoms with E-state index in [1.54, 1.807) is 0 Å². The first-order valence-electron chi connectivity index (χ1n) is 4.99. The van der Waals surface area contributed by atoms with Crippen LogP contribution in [-0.2, 0) is 9.53 Å². The molecular weight excluding hydrogens is 182 g/mol. The highest BCUT2D eigenvalue weighted by atomic mass is 16.5. The van der Waals surface area contributed by atoms with Crippen molar-refractivity contribution in [3.05, 3.63) is 0 Å². The van der Waals surface area contributed by atoms with Crippen molar-refractivity contribution in [1.29, 1.82) is 0 Å². The summed E-state index contributed by atoms with van der Waals surface area (Å²) in [6.45, 7) is 6.73. The van der Waals surface area contributed by atoms with Gasteiger partial charge in [0.2, 0.25) is 0 Å². The molecule has 0 aromatic rings. The Kier molecular flexibility index (Phi) is 6.49. The second-order valence-electron chi connectivity index (χ2n) is 3.61. The summed E-state index contributed by atoms with van der Waals surface area (Å²) in [5.41, 5.74) is 0. The molecule has 1 atom stereocenters. The standard InChI is InChI=1S/C10H21NO3/c1-8(2)11(6-5-7-12)9(3)10(13)14-4/h8-9,12H,5-7H2,1-4H3. The molecule has 0 saturated carbocycles. The van der Waals surface area contributed by atoms with Crippen LogP contribution in [0, 0.1) is 0 Å². The molecule has 0 rings (SSSR count). The van der Waals surface area contributed by atoms with Crippen molar-refractivity contribution in [2.45, 2.75) is 39.3 Å². The fraction of sp³-hybridized carbons (Fsp3) is 0.900. The number of aliphatic hydroxyl groups is 1. The van der Waals surface area contributed by atoms with Gasteiger partial charge in [0.25, 0.3) is 0 Å². The lowest BCUT2D eigenvalue weighted by molar-refractivity contribution is -0.147. The fourth-order valence-corrected chi connectivity index (χ4v) is 1.46. The van der Waals surface area contributed by atoms with E-state index >= 15 is 0 Å². The molecule has 0 aliphatic heterocycles. The molecule has 0 spiro atoms. The average molecular weight is 203 g/mol. The number of aliphatic hydroxyl groups excluding tert-OH is 1. The Morgan fingerprint density at radius 2 is 2.00 bits per heavy atom. The molecule has 1 N–H and O–H groups in total. The topological polar surface area (TPSA) is 49.8 Å². The first-order chi connectivity index (χ1) is 6.54. The average Bonchev–Trinajstić information content (AvgIpc) is 2.16. The molecular formula is C10H21NO3. The van der Waals surface area contributed by atoms with E-state index in [1.165, 1.54) is 7.11 Å². The normalized spacial score (nSPS) is 13.4. The van der Waals surface area contributed by atoms with E-state index in [2.05, 4.69) is 4.74 Å². The van der Waals surface area contributed by atoms with Gasteiger partial charge in [-0.15, -0.1) is 0 Å². The largest absolute Gasteiger partial charge is 0.468 e. The first-order valence-corrected chi connectivity index (χ1v) is 4.99. The minimum Gasteiger partial charge on any atom is -0.468 e. The molecule has 0 aromatic heterocycles. The van der Waals surface area contributed by atoms with Gasteiger partial charge < -0.3 is 9.84 Å². The van der Waals surface area contributed by atoms with Crippen LogP contribution in [0.4, 0.5) is 0 Å². The van der Waals surface area contributed by atoms with E-state index in [4.69, 9.17) is 5.11 Å². The maximum atomic E-state index is 11.3. The molecule has 0 radical (unpaired) electrons. The van der Waals surface area contributed by atoms with Gasteiger partial charge in [0, 0.05) is 19.2 Å². The van der Waals surface area contributed by atoms with E-state index in [0.717, 1.165) is 0 Å². The molecule has 0 bridgehead atoms. The Morgan fingerprint density at radius 1 is 1.43 bits per heavy atom. The third-order valence-corrected chi connectivity index (χ3v) is 2.28. The molecule has 0 amide bonds. The number of methoxy groups -OCH3 is 1. The Morgan fingerprint density at radius 3 is 2.36 bits per heavy atom. The summed E-state index contributed by atoms with van der Waals surface area (Å²) in [6.07, 6.45) is 0.680. The smallest absolute Gasteiger partial charge is 0.322 e. The lowest BCUT2D eigenvalue weighted by Gasteiger charge is -2.30. The van der Waals surface area contributed by atoms with Crippen LogP contribution in [0.5, 0.6) is 0 Å². The minimum atomic E-state index is -0.244. The van der Waals surface area contributed by atoms with E-state index in [9.17, 15) is 4.79 Å². The Hall–Kier alpha value is -0.610. The number of hydrogen-bond acceptors (Lipinski definition) is 4. The Bertz CT molecular complexity index is 171. The van der Waals surface area contributed by atoms with E-state index in [-0.39, 0.29) is 24.7 Å². The zero-order valence-corrected chi connectivity index (χ0v) is 9.49. The zero-order valence-electron chi connectivity index (χ0n) is 9.49. The molecule has 14 heavy (non-hydrogen) atoms. The van der Waals surface area contributed by atoms with Crippen molar-refractivity contribution in [2.24, 2.45) is 0 Å². The quantitative estimate of drug-likeness (QED) is 0.644. The van der Waals surface area contributed by atoms with Gasteiger partial charge in [-0.25, -0.2) is 0 Å². The third kappa shape index (κ3) is 4.07. The summed E-state index contributed by atoms with van der Waals surface area (Å²) in [5, 5.41) is 8.73. The van der Waals surface area contributed by atoms with Gasteiger partial charge >= 0.3 is 5.97 Å². The predicted molar refractivity (Wildman–Crippen MR) is 55.0 cm³/mol. The second-order valence-corrected chi connectivity index (χ2v) is 3.61. The van der Waals surface area contributed by atoms with Gasteiger partial charge in [-0.1, -0.05) is 0 Å². The molecule has 1 unspecified atom stereocenters. The van der Waals surface area contributed by atoms with Crippen molar-refractivity contribution < 1.29 is 14.6 Å². The van der Waals surface area contributed by atoms with Gasteiger partial charge in [-0.05, 0) is 27.2 Å². The minimum absolute atomic E-state index is 0.150. The molecule has 84 valence electrons. The van der Waals surface area contributed by atoms with Crippen LogP contribution in [0.25, 0.3) is 0 Å². The summed E-state index contributed by atoms with van der Waals surface area (Å²) >= 11 is 0. The van der Waals surface area contributed by atoms with E-state index in [1.807, 2.05) is 25.7 Å². The van der Waals surface area contributed by atoms with Gasteiger partial charge in [0.05, 0.1) is 7.11 Å². The molecule has 4 heteroatoms. The lowest BCUT2D eigenvalue weighted by atomic mass is 10.2. The van der Waals surface area contributed by atoms with Crippen molar-refractivity contribution in [3.8, 4) is 0 Å². The summed E-state index contributed by atoms with van der Waals surface area (Å²) in [6, 6.07) is 0.0298. The van der Waals surface area contributed by atoms with Gasteiger partial charge in [0.1, 0.15) is 6.04 Å². The SMILES string of the molecule is COC(=O)C(C)N(CCCO)C(C)C. The Labute approximate surface area is 85.9 Å². The van der Waals surface area contributed by atoms with Crippen molar-refractivity contribution in [1.82, 2.24) is 4.90 Å². The number of nitrogens with zero attached hydrogens (tertiary/aromatic N) is 1. The number of rotatable bonds is 6. The van der Waals surface area contributed by atoms with E-state index in [0.29, 0.717) is 13.0 Å². The van der Waals surface area contributed by atoms with Crippen LogP contribution in [0.2, 0.25) is 0 Å². The maximum absolute atomic E-state index is 11.3.